The quantitative estimate of drug-likeness (QED) is 0.458. The van der Waals surface area contributed by atoms with Gasteiger partial charge < -0.3 is 5.32 Å². The number of rotatable bonds is 6. The fourth-order valence-electron chi connectivity index (χ4n) is 3.77. The highest BCUT2D eigenvalue weighted by Crippen LogP contribution is 2.32. The molecule has 29 heavy (non-hydrogen) atoms. The highest BCUT2D eigenvalue weighted by Gasteiger charge is 2.18. The molecule has 0 spiro atoms. The summed E-state index contributed by atoms with van der Waals surface area (Å²) in [6.07, 6.45) is 5.77. The largest absolute Gasteiger partial charge is 0.353 e. The molecule has 1 N–H and O–H groups in total. The number of thioether (sulfide) groups is 1. The Morgan fingerprint density at radius 3 is 2.72 bits per heavy atom. The van der Waals surface area contributed by atoms with Crippen molar-refractivity contribution in [1.29, 1.82) is 0 Å². The third-order valence-electron chi connectivity index (χ3n) is 5.28. The first kappa shape index (κ1) is 20.2. The molecule has 1 saturated carbocycles. The van der Waals surface area contributed by atoms with Gasteiger partial charge in [-0.1, -0.05) is 61.4 Å². The molecular formula is C22H25N3O2S2. The van der Waals surface area contributed by atoms with Crippen LogP contribution in [-0.2, 0) is 11.3 Å². The zero-order chi connectivity index (χ0) is 20.2. The maximum Gasteiger partial charge on any atom is 0.272 e. The van der Waals surface area contributed by atoms with Gasteiger partial charge in [0, 0.05) is 17.5 Å². The lowest BCUT2D eigenvalue weighted by Crippen LogP contribution is -2.37. The van der Waals surface area contributed by atoms with Crippen molar-refractivity contribution in [3.8, 4) is 10.4 Å². The van der Waals surface area contributed by atoms with Crippen LogP contribution >= 0.6 is 23.1 Å². The molecule has 7 heteroatoms. The maximum absolute atomic E-state index is 13.0. The smallest absolute Gasteiger partial charge is 0.272 e. The number of aromatic nitrogens is 2. The number of fused-ring (bicyclic) bond motifs is 1. The van der Waals surface area contributed by atoms with Crippen LogP contribution in [0.15, 0.2) is 46.3 Å². The van der Waals surface area contributed by atoms with E-state index in [4.69, 9.17) is 4.98 Å². The summed E-state index contributed by atoms with van der Waals surface area (Å²) in [5.41, 5.74) is 1.76. The van der Waals surface area contributed by atoms with E-state index < -0.39 is 0 Å². The Labute approximate surface area is 178 Å². The number of nitrogens with zero attached hydrogens (tertiary/aromatic N) is 2. The fourth-order valence-corrected chi connectivity index (χ4v) is 5.70. The minimum Gasteiger partial charge on any atom is -0.353 e. The molecule has 0 aliphatic heterocycles. The molecule has 0 atom stereocenters. The van der Waals surface area contributed by atoms with Crippen molar-refractivity contribution in [1.82, 2.24) is 14.9 Å². The van der Waals surface area contributed by atoms with Gasteiger partial charge in [0.25, 0.3) is 5.56 Å². The molecule has 0 saturated heterocycles. The van der Waals surface area contributed by atoms with Crippen LogP contribution in [0.5, 0.6) is 0 Å². The van der Waals surface area contributed by atoms with Crippen molar-refractivity contribution in [2.24, 2.45) is 0 Å². The molecule has 1 fully saturated rings. The summed E-state index contributed by atoms with van der Waals surface area (Å²) in [7, 11) is 0. The number of thiophene rings is 1. The van der Waals surface area contributed by atoms with Crippen LogP contribution < -0.4 is 10.9 Å². The van der Waals surface area contributed by atoms with Gasteiger partial charge in [-0.3, -0.25) is 14.2 Å². The van der Waals surface area contributed by atoms with Gasteiger partial charge in [-0.15, -0.1) is 11.3 Å². The molecule has 3 aromatic rings. The summed E-state index contributed by atoms with van der Waals surface area (Å²) >= 11 is 2.83. The van der Waals surface area contributed by atoms with Gasteiger partial charge in [-0.05, 0) is 31.4 Å². The Balaban J connectivity index is 1.55. The molecular weight excluding hydrogens is 402 g/mol. The third-order valence-corrected chi connectivity index (χ3v) is 7.41. The van der Waals surface area contributed by atoms with E-state index in [0.717, 1.165) is 23.3 Å². The highest BCUT2D eigenvalue weighted by molar-refractivity contribution is 7.99. The predicted molar refractivity (Wildman–Crippen MR) is 121 cm³/mol. The Kier molecular flexibility index (Phi) is 6.35. The van der Waals surface area contributed by atoms with Gasteiger partial charge in [-0.2, -0.15) is 0 Å². The van der Waals surface area contributed by atoms with E-state index in [2.05, 4.69) is 5.32 Å². The topological polar surface area (TPSA) is 64.0 Å². The van der Waals surface area contributed by atoms with E-state index >= 15 is 0 Å². The number of hydrogen-bond donors (Lipinski definition) is 1. The molecule has 1 aliphatic rings. The average Bonchev–Trinajstić information content (AvgIpc) is 3.18. The first-order valence-electron chi connectivity index (χ1n) is 10.2. The average molecular weight is 428 g/mol. The van der Waals surface area contributed by atoms with Gasteiger partial charge in [0.1, 0.15) is 4.70 Å². The lowest BCUT2D eigenvalue weighted by Gasteiger charge is -2.22. The van der Waals surface area contributed by atoms with Crippen LogP contribution in [-0.4, -0.2) is 27.3 Å². The maximum atomic E-state index is 13.0. The zero-order valence-electron chi connectivity index (χ0n) is 16.5. The van der Waals surface area contributed by atoms with Crippen LogP contribution in [0.1, 0.15) is 39.0 Å². The lowest BCUT2D eigenvalue weighted by atomic mass is 9.95. The standard InChI is InChI=1S/C22H25N3O2S2/c1-2-25-21(27)20-17(13-18(29-20)15-9-5-3-6-10-15)24-22(25)28-14-19(26)23-16-11-7-4-8-12-16/h3,5-6,9-10,13,16H,2,4,7-8,11-12,14H2,1H3,(H,23,26). The zero-order valence-corrected chi connectivity index (χ0v) is 18.2. The minimum absolute atomic E-state index is 0.0224. The molecule has 1 amide bonds. The number of carbonyl (C=O) groups excluding carboxylic acids is 1. The van der Waals surface area contributed by atoms with Crippen molar-refractivity contribution in [3.63, 3.8) is 0 Å². The first-order valence-corrected chi connectivity index (χ1v) is 12.0. The molecule has 5 nitrogen and oxygen atoms in total. The fraction of sp³-hybridized carbons (Fsp3) is 0.409. The first-order chi connectivity index (χ1) is 14.2. The third kappa shape index (κ3) is 4.56. The summed E-state index contributed by atoms with van der Waals surface area (Å²) in [5.74, 6) is 0.304. The van der Waals surface area contributed by atoms with E-state index in [9.17, 15) is 9.59 Å². The summed E-state index contributed by atoms with van der Waals surface area (Å²) in [6, 6.07) is 12.3. The SMILES string of the molecule is CCn1c(SCC(=O)NC2CCCCC2)nc2cc(-c3ccccc3)sc2c1=O. The molecule has 0 bridgehead atoms. The molecule has 1 aliphatic carbocycles. The normalized spacial score (nSPS) is 14.9. The van der Waals surface area contributed by atoms with Crippen molar-refractivity contribution in [2.75, 3.05) is 5.75 Å². The van der Waals surface area contributed by atoms with Crippen molar-refractivity contribution < 1.29 is 4.79 Å². The molecule has 4 rings (SSSR count). The second kappa shape index (κ2) is 9.13. The molecule has 0 radical (unpaired) electrons. The van der Waals surface area contributed by atoms with Gasteiger partial charge >= 0.3 is 0 Å². The Bertz CT molecular complexity index is 1050. The van der Waals surface area contributed by atoms with E-state index in [1.807, 2.05) is 43.3 Å². The number of amides is 1. The molecule has 1 aromatic carbocycles. The Morgan fingerprint density at radius 2 is 2.00 bits per heavy atom. The Hall–Kier alpha value is -2.12. The predicted octanol–water partition coefficient (Wildman–Crippen LogP) is 4.69. The van der Waals surface area contributed by atoms with Crippen molar-refractivity contribution >= 4 is 39.2 Å². The number of hydrogen-bond acceptors (Lipinski definition) is 5. The Morgan fingerprint density at radius 1 is 1.24 bits per heavy atom. The van der Waals surface area contributed by atoms with Crippen LogP contribution in [0.25, 0.3) is 20.7 Å². The number of benzene rings is 1. The van der Waals surface area contributed by atoms with E-state index in [1.165, 1.54) is 42.4 Å². The molecule has 2 heterocycles. The summed E-state index contributed by atoms with van der Waals surface area (Å²) in [5, 5.41) is 3.74. The van der Waals surface area contributed by atoms with Crippen molar-refractivity contribution in [2.45, 2.75) is 56.8 Å². The second-order valence-electron chi connectivity index (χ2n) is 7.33. The van der Waals surface area contributed by atoms with Crippen LogP contribution in [0.4, 0.5) is 0 Å². The van der Waals surface area contributed by atoms with Gasteiger partial charge in [0.2, 0.25) is 5.91 Å². The van der Waals surface area contributed by atoms with E-state index in [0.29, 0.717) is 28.0 Å². The number of nitrogens with one attached hydrogen (secondary N) is 1. The molecule has 2 aromatic heterocycles. The second-order valence-corrected chi connectivity index (χ2v) is 9.32. The summed E-state index contributed by atoms with van der Waals surface area (Å²) in [6.45, 7) is 2.47. The van der Waals surface area contributed by atoms with E-state index in [1.54, 1.807) is 4.57 Å². The monoisotopic (exact) mass is 427 g/mol. The molecule has 152 valence electrons. The summed E-state index contributed by atoms with van der Waals surface area (Å²) in [4.78, 5) is 31.1. The van der Waals surface area contributed by atoms with Gasteiger partial charge in [0.15, 0.2) is 5.16 Å². The van der Waals surface area contributed by atoms with Gasteiger partial charge in [0.05, 0.1) is 11.3 Å². The van der Waals surface area contributed by atoms with Crippen LogP contribution in [0, 0.1) is 0 Å². The van der Waals surface area contributed by atoms with Gasteiger partial charge in [-0.25, -0.2) is 4.98 Å². The highest BCUT2D eigenvalue weighted by atomic mass is 32.2. The van der Waals surface area contributed by atoms with Crippen LogP contribution in [0.2, 0.25) is 0 Å². The summed E-state index contributed by atoms with van der Waals surface area (Å²) < 4.78 is 2.34. The number of carbonyl (C=O) groups is 1. The molecule has 0 unspecified atom stereocenters. The van der Waals surface area contributed by atoms with Crippen molar-refractivity contribution in [3.05, 3.63) is 46.8 Å². The van der Waals surface area contributed by atoms with Crippen LogP contribution in [0.3, 0.4) is 0 Å². The minimum atomic E-state index is -0.0279. The van der Waals surface area contributed by atoms with E-state index in [-0.39, 0.29) is 17.2 Å². The lowest BCUT2D eigenvalue weighted by molar-refractivity contribution is -0.119.